The molecule has 0 saturated carbocycles. The maximum atomic E-state index is 4.71. The third-order valence-corrected chi connectivity index (χ3v) is 4.93. The third kappa shape index (κ3) is 3.67. The van der Waals surface area contributed by atoms with Crippen LogP contribution >= 0.6 is 0 Å². The molecule has 0 saturated heterocycles. The van der Waals surface area contributed by atoms with E-state index in [2.05, 4.69) is 84.0 Å². The Morgan fingerprint density at radius 1 is 0.929 bits per heavy atom. The van der Waals surface area contributed by atoms with Gasteiger partial charge in [-0.2, -0.15) is 15.1 Å². The number of anilines is 3. The Kier molecular flexibility index (Phi) is 4.69. The maximum absolute atomic E-state index is 4.71. The first-order chi connectivity index (χ1) is 13.5. The summed E-state index contributed by atoms with van der Waals surface area (Å²) < 4.78 is 1.76. The van der Waals surface area contributed by atoms with Crippen molar-refractivity contribution in [3.63, 3.8) is 0 Å². The lowest BCUT2D eigenvalue weighted by Crippen LogP contribution is -2.07. The zero-order chi connectivity index (χ0) is 19.7. The lowest BCUT2D eigenvalue weighted by atomic mass is 10.1. The van der Waals surface area contributed by atoms with Crippen LogP contribution in [0.5, 0.6) is 0 Å². The fourth-order valence-corrected chi connectivity index (χ4v) is 3.04. The molecule has 28 heavy (non-hydrogen) atoms. The highest BCUT2D eigenvalue weighted by molar-refractivity contribution is 5.89. The van der Waals surface area contributed by atoms with E-state index >= 15 is 0 Å². The summed E-state index contributed by atoms with van der Waals surface area (Å²) in [5, 5.41) is 12.0. The quantitative estimate of drug-likeness (QED) is 0.534. The Bertz CT molecular complexity index is 1130. The van der Waals surface area contributed by atoms with Crippen LogP contribution < -0.4 is 10.6 Å². The molecule has 2 heterocycles. The molecule has 0 aliphatic carbocycles. The van der Waals surface area contributed by atoms with Gasteiger partial charge in [-0.15, -0.1) is 0 Å². The van der Waals surface area contributed by atoms with Crippen molar-refractivity contribution in [3.05, 3.63) is 70.9 Å². The van der Waals surface area contributed by atoms with Gasteiger partial charge in [0.05, 0.1) is 11.6 Å². The molecule has 0 atom stereocenters. The van der Waals surface area contributed by atoms with Gasteiger partial charge in [0.2, 0.25) is 5.95 Å². The van der Waals surface area contributed by atoms with Gasteiger partial charge in [-0.05, 0) is 49.6 Å². The second kappa shape index (κ2) is 7.31. The second-order valence-corrected chi connectivity index (χ2v) is 7.16. The van der Waals surface area contributed by atoms with Crippen LogP contribution in [0.2, 0.25) is 0 Å². The van der Waals surface area contributed by atoms with Gasteiger partial charge in [0.25, 0.3) is 0 Å². The van der Waals surface area contributed by atoms with Crippen molar-refractivity contribution in [1.82, 2.24) is 19.7 Å². The van der Waals surface area contributed by atoms with E-state index in [0.717, 1.165) is 22.5 Å². The molecule has 0 aliphatic heterocycles. The standard InChI is InChI=1S/C22H24N6/c1-14-5-8-17(9-6-14)12-23-22-26-20(19-13-24-28(4)21(19)27-22)25-18-10-7-15(2)16(3)11-18/h5-11,13H,12H2,1-4H3,(H2,23,25,26,27). The fraction of sp³-hybridized carbons (Fsp3) is 0.227. The number of nitrogens with zero attached hydrogens (tertiary/aromatic N) is 4. The van der Waals surface area contributed by atoms with Crippen molar-refractivity contribution in [3.8, 4) is 0 Å². The summed E-state index contributed by atoms with van der Waals surface area (Å²) in [6, 6.07) is 14.7. The molecular formula is C22H24N6. The molecule has 0 amide bonds. The predicted octanol–water partition coefficient (Wildman–Crippen LogP) is 4.64. The molecule has 4 aromatic rings. The number of aromatic nitrogens is 4. The van der Waals surface area contributed by atoms with E-state index in [-0.39, 0.29) is 0 Å². The minimum Gasteiger partial charge on any atom is -0.350 e. The van der Waals surface area contributed by atoms with E-state index in [0.29, 0.717) is 12.5 Å². The van der Waals surface area contributed by atoms with Gasteiger partial charge in [-0.1, -0.05) is 35.9 Å². The minimum atomic E-state index is 0.572. The van der Waals surface area contributed by atoms with Crippen molar-refractivity contribution in [2.45, 2.75) is 27.3 Å². The number of hydrogen-bond donors (Lipinski definition) is 2. The molecule has 0 unspecified atom stereocenters. The van der Waals surface area contributed by atoms with Gasteiger partial charge in [0.1, 0.15) is 5.82 Å². The first-order valence-electron chi connectivity index (χ1n) is 9.33. The zero-order valence-corrected chi connectivity index (χ0v) is 16.6. The Labute approximate surface area is 164 Å². The van der Waals surface area contributed by atoms with Crippen LogP contribution in [-0.2, 0) is 13.6 Å². The van der Waals surface area contributed by atoms with Crippen LogP contribution in [0, 0.1) is 20.8 Å². The predicted molar refractivity (Wildman–Crippen MR) is 114 cm³/mol. The summed E-state index contributed by atoms with van der Waals surface area (Å²) >= 11 is 0. The highest BCUT2D eigenvalue weighted by Gasteiger charge is 2.12. The summed E-state index contributed by atoms with van der Waals surface area (Å²) in [6.07, 6.45) is 1.79. The Hall–Kier alpha value is -3.41. The molecule has 6 heteroatoms. The van der Waals surface area contributed by atoms with Crippen molar-refractivity contribution in [2.75, 3.05) is 10.6 Å². The first-order valence-corrected chi connectivity index (χ1v) is 9.33. The maximum Gasteiger partial charge on any atom is 0.227 e. The minimum absolute atomic E-state index is 0.572. The average molecular weight is 372 g/mol. The van der Waals surface area contributed by atoms with Crippen LogP contribution in [0.3, 0.4) is 0 Å². The van der Waals surface area contributed by atoms with E-state index < -0.39 is 0 Å². The van der Waals surface area contributed by atoms with Crippen LogP contribution in [0.15, 0.2) is 48.7 Å². The SMILES string of the molecule is Cc1ccc(CNc2nc(Nc3ccc(C)c(C)c3)c3cnn(C)c3n2)cc1. The van der Waals surface area contributed by atoms with Gasteiger partial charge in [-0.25, -0.2) is 0 Å². The number of aryl methyl sites for hydroxylation is 4. The third-order valence-electron chi connectivity index (χ3n) is 4.93. The van der Waals surface area contributed by atoms with Crippen LogP contribution in [0.25, 0.3) is 11.0 Å². The highest BCUT2D eigenvalue weighted by atomic mass is 15.3. The summed E-state index contributed by atoms with van der Waals surface area (Å²) in [7, 11) is 1.89. The van der Waals surface area contributed by atoms with Crippen LogP contribution in [0.1, 0.15) is 22.3 Å². The summed E-state index contributed by atoms with van der Waals surface area (Å²) in [4.78, 5) is 9.35. The van der Waals surface area contributed by atoms with E-state index in [1.54, 1.807) is 10.9 Å². The second-order valence-electron chi connectivity index (χ2n) is 7.16. The summed E-state index contributed by atoms with van der Waals surface area (Å²) in [5.74, 6) is 1.32. The highest BCUT2D eigenvalue weighted by Crippen LogP contribution is 2.26. The van der Waals surface area contributed by atoms with E-state index in [9.17, 15) is 0 Å². The molecule has 0 spiro atoms. The van der Waals surface area contributed by atoms with Gasteiger partial charge >= 0.3 is 0 Å². The molecule has 142 valence electrons. The Morgan fingerprint density at radius 2 is 1.71 bits per heavy atom. The number of nitrogens with one attached hydrogen (secondary N) is 2. The molecule has 6 nitrogen and oxygen atoms in total. The number of rotatable bonds is 5. The van der Waals surface area contributed by atoms with E-state index in [1.807, 2.05) is 7.05 Å². The molecule has 0 aliphatic rings. The molecule has 0 radical (unpaired) electrons. The largest absolute Gasteiger partial charge is 0.350 e. The smallest absolute Gasteiger partial charge is 0.227 e. The molecule has 0 bridgehead atoms. The Balaban J connectivity index is 1.65. The fourth-order valence-electron chi connectivity index (χ4n) is 3.04. The molecule has 2 aromatic heterocycles. The molecule has 4 rings (SSSR count). The van der Waals surface area contributed by atoms with Gasteiger partial charge in [0, 0.05) is 19.3 Å². The van der Waals surface area contributed by atoms with Gasteiger partial charge in [0.15, 0.2) is 5.65 Å². The number of fused-ring (bicyclic) bond motifs is 1. The lowest BCUT2D eigenvalue weighted by molar-refractivity contribution is 0.785. The van der Waals surface area contributed by atoms with Crippen molar-refractivity contribution < 1.29 is 0 Å². The molecule has 0 fully saturated rings. The molecular weight excluding hydrogens is 348 g/mol. The van der Waals surface area contributed by atoms with Gasteiger partial charge < -0.3 is 10.6 Å². The summed E-state index contributed by atoms with van der Waals surface area (Å²) in [5.41, 5.74) is 6.71. The average Bonchev–Trinajstić information content (AvgIpc) is 3.06. The van der Waals surface area contributed by atoms with Gasteiger partial charge in [-0.3, -0.25) is 4.68 Å². The normalized spacial score (nSPS) is 11.0. The summed E-state index contributed by atoms with van der Waals surface area (Å²) in [6.45, 7) is 6.96. The van der Waals surface area contributed by atoms with Crippen molar-refractivity contribution in [2.24, 2.45) is 7.05 Å². The van der Waals surface area contributed by atoms with E-state index in [4.69, 9.17) is 4.98 Å². The number of benzene rings is 2. The number of hydrogen-bond acceptors (Lipinski definition) is 5. The van der Waals surface area contributed by atoms with E-state index in [1.165, 1.54) is 22.3 Å². The molecule has 2 N–H and O–H groups in total. The topological polar surface area (TPSA) is 67.7 Å². The first kappa shape index (κ1) is 18.0. The zero-order valence-electron chi connectivity index (χ0n) is 16.6. The van der Waals surface area contributed by atoms with Crippen molar-refractivity contribution >= 4 is 28.5 Å². The van der Waals surface area contributed by atoms with Crippen LogP contribution in [0.4, 0.5) is 17.5 Å². The monoisotopic (exact) mass is 372 g/mol. The lowest BCUT2D eigenvalue weighted by Gasteiger charge is -2.11. The molecule has 2 aromatic carbocycles. The van der Waals surface area contributed by atoms with Crippen LogP contribution in [-0.4, -0.2) is 19.7 Å². The van der Waals surface area contributed by atoms with Crippen molar-refractivity contribution in [1.29, 1.82) is 0 Å². The Morgan fingerprint density at radius 3 is 2.46 bits per heavy atom.